The van der Waals surface area contributed by atoms with Gasteiger partial charge in [0.25, 0.3) is 0 Å². The molecule has 1 heterocycles. The van der Waals surface area contributed by atoms with E-state index in [1.807, 2.05) is 0 Å². The number of rotatable bonds is 0. The fourth-order valence-corrected chi connectivity index (χ4v) is 1.33. The zero-order valence-corrected chi connectivity index (χ0v) is 9.10. The molecule has 0 N–H and O–H groups in total. The monoisotopic (exact) mass is 172 g/mol. The molecule has 0 aromatic rings. The van der Waals surface area contributed by atoms with E-state index in [0.717, 1.165) is 19.3 Å². The largest absolute Gasteiger partial charge is 1.00 e. The van der Waals surface area contributed by atoms with E-state index in [4.69, 9.17) is 9.05 Å². The van der Waals surface area contributed by atoms with Crippen LogP contribution in [0, 0.1) is 0 Å². The van der Waals surface area contributed by atoms with E-state index >= 15 is 0 Å². The van der Waals surface area contributed by atoms with Crippen molar-refractivity contribution in [3.05, 3.63) is 0 Å². The van der Waals surface area contributed by atoms with E-state index in [2.05, 4.69) is 0 Å². The quantitative estimate of drug-likeness (QED) is 0.307. The van der Waals surface area contributed by atoms with Crippen LogP contribution in [0.1, 0.15) is 19.3 Å². The molecular formula is C5H10NaO3P. The Hall–Kier alpha value is 1.31. The summed E-state index contributed by atoms with van der Waals surface area (Å²) in [6.45, 7) is 1.16. The van der Waals surface area contributed by atoms with Crippen LogP contribution in [0.5, 0.6) is 0 Å². The van der Waals surface area contributed by atoms with Crippen LogP contribution in [-0.2, 0) is 9.05 Å². The Labute approximate surface area is 84.4 Å². The zero-order chi connectivity index (χ0) is 6.53. The summed E-state index contributed by atoms with van der Waals surface area (Å²) in [5, 5.41) is 0. The fraction of sp³-hybridized carbons (Fsp3) is 1.00. The molecule has 54 valence electrons. The molecule has 0 radical (unpaired) electrons. The molecule has 5 heteroatoms. The SMILES string of the molecule is [Na+].[O-]P1OCCCCCO1. The van der Waals surface area contributed by atoms with Crippen LogP contribution < -0.4 is 34.5 Å². The van der Waals surface area contributed by atoms with Gasteiger partial charge in [0.15, 0.2) is 0 Å². The van der Waals surface area contributed by atoms with Crippen molar-refractivity contribution in [3.63, 3.8) is 0 Å². The Morgan fingerprint density at radius 2 is 1.50 bits per heavy atom. The minimum atomic E-state index is -1.79. The van der Waals surface area contributed by atoms with Crippen molar-refractivity contribution in [3.8, 4) is 0 Å². The molecule has 0 amide bonds. The third-order valence-electron chi connectivity index (χ3n) is 1.18. The van der Waals surface area contributed by atoms with Gasteiger partial charge in [0.1, 0.15) is 0 Å². The Morgan fingerprint density at radius 3 is 2.00 bits per heavy atom. The molecule has 1 aliphatic rings. The minimum absolute atomic E-state index is 0. The van der Waals surface area contributed by atoms with Crippen molar-refractivity contribution in [1.29, 1.82) is 0 Å². The molecule has 0 saturated carbocycles. The topological polar surface area (TPSA) is 41.5 Å². The first-order valence-electron chi connectivity index (χ1n) is 3.13. The predicted molar refractivity (Wildman–Crippen MR) is 32.7 cm³/mol. The predicted octanol–water partition coefficient (Wildman–Crippen LogP) is -2.21. The second kappa shape index (κ2) is 6.99. The van der Waals surface area contributed by atoms with Crippen LogP contribution in [0.3, 0.4) is 0 Å². The second-order valence-corrected chi connectivity index (χ2v) is 2.91. The average Bonchev–Trinajstić information content (AvgIpc) is 1.79. The van der Waals surface area contributed by atoms with Gasteiger partial charge in [0.2, 0.25) is 0 Å². The van der Waals surface area contributed by atoms with Crippen molar-refractivity contribution in [2.75, 3.05) is 13.2 Å². The van der Waals surface area contributed by atoms with Crippen LogP contribution >= 0.6 is 8.60 Å². The molecule has 0 bridgehead atoms. The van der Waals surface area contributed by atoms with Crippen molar-refractivity contribution in [1.82, 2.24) is 0 Å². The van der Waals surface area contributed by atoms with Gasteiger partial charge >= 0.3 is 29.6 Å². The van der Waals surface area contributed by atoms with Gasteiger partial charge in [-0.15, -0.1) is 0 Å². The molecule has 1 saturated heterocycles. The van der Waals surface area contributed by atoms with Gasteiger partial charge in [0, 0.05) is 0 Å². The summed E-state index contributed by atoms with van der Waals surface area (Å²) in [7, 11) is -1.79. The first-order chi connectivity index (χ1) is 4.39. The fourth-order valence-electron chi connectivity index (χ4n) is 0.696. The van der Waals surface area contributed by atoms with E-state index < -0.39 is 8.60 Å². The number of hydrogen-bond acceptors (Lipinski definition) is 3. The maximum absolute atomic E-state index is 10.5. The van der Waals surface area contributed by atoms with Gasteiger partial charge in [-0.05, 0) is 19.3 Å². The van der Waals surface area contributed by atoms with Crippen molar-refractivity contribution in [2.45, 2.75) is 19.3 Å². The number of hydrogen-bond donors (Lipinski definition) is 0. The summed E-state index contributed by atoms with van der Waals surface area (Å²) in [5.41, 5.74) is 0. The Kier molecular flexibility index (Phi) is 7.90. The molecule has 0 aromatic carbocycles. The summed E-state index contributed by atoms with van der Waals surface area (Å²) < 4.78 is 9.54. The summed E-state index contributed by atoms with van der Waals surface area (Å²) >= 11 is 0. The van der Waals surface area contributed by atoms with Crippen molar-refractivity contribution < 1.29 is 43.5 Å². The second-order valence-electron chi connectivity index (χ2n) is 1.95. The van der Waals surface area contributed by atoms with Crippen LogP contribution in [-0.4, -0.2) is 13.2 Å². The summed E-state index contributed by atoms with van der Waals surface area (Å²) in [6, 6.07) is 0. The third-order valence-corrected chi connectivity index (χ3v) is 1.97. The van der Waals surface area contributed by atoms with Gasteiger partial charge in [-0.2, -0.15) is 0 Å². The first-order valence-corrected chi connectivity index (χ1v) is 4.22. The van der Waals surface area contributed by atoms with Gasteiger partial charge in [-0.3, -0.25) is 0 Å². The van der Waals surface area contributed by atoms with Crippen molar-refractivity contribution in [2.24, 2.45) is 0 Å². The van der Waals surface area contributed by atoms with E-state index in [1.54, 1.807) is 0 Å². The van der Waals surface area contributed by atoms with Gasteiger partial charge in [-0.25, -0.2) is 0 Å². The Bertz CT molecular complexity index is 75.3. The first kappa shape index (κ1) is 11.3. The molecule has 10 heavy (non-hydrogen) atoms. The van der Waals surface area contributed by atoms with Crippen LogP contribution in [0.15, 0.2) is 0 Å². The molecule has 0 atom stereocenters. The normalized spacial score (nSPS) is 22.5. The molecule has 0 unspecified atom stereocenters. The van der Waals surface area contributed by atoms with Gasteiger partial charge in [-0.1, -0.05) is 0 Å². The summed E-state index contributed by atoms with van der Waals surface area (Å²) in [6.07, 6.45) is 3.12. The summed E-state index contributed by atoms with van der Waals surface area (Å²) in [5.74, 6) is 0. The molecule has 1 rings (SSSR count). The molecule has 3 nitrogen and oxygen atoms in total. The van der Waals surface area contributed by atoms with Gasteiger partial charge < -0.3 is 13.9 Å². The molecule has 0 spiro atoms. The molecule has 1 fully saturated rings. The minimum Gasteiger partial charge on any atom is -0.786 e. The van der Waals surface area contributed by atoms with Crippen LogP contribution in [0.25, 0.3) is 0 Å². The van der Waals surface area contributed by atoms with Gasteiger partial charge in [0.05, 0.1) is 21.8 Å². The standard InChI is InChI=1S/C5H10O3P.Na/c6-9-7-4-2-1-3-5-8-9;/h1-5H2;/q-1;+1. The average molecular weight is 172 g/mol. The van der Waals surface area contributed by atoms with E-state index in [9.17, 15) is 4.89 Å². The molecule has 0 aromatic heterocycles. The maximum atomic E-state index is 10.5. The molecule has 1 aliphatic heterocycles. The third kappa shape index (κ3) is 5.03. The zero-order valence-electron chi connectivity index (χ0n) is 6.21. The van der Waals surface area contributed by atoms with E-state index in [0.29, 0.717) is 13.2 Å². The maximum Gasteiger partial charge on any atom is 1.00 e. The van der Waals surface area contributed by atoms with E-state index in [1.165, 1.54) is 0 Å². The smallest absolute Gasteiger partial charge is 0.786 e. The van der Waals surface area contributed by atoms with Crippen molar-refractivity contribution >= 4 is 8.60 Å². The van der Waals surface area contributed by atoms with Crippen LogP contribution in [0.2, 0.25) is 0 Å². The molecular weight excluding hydrogens is 162 g/mol. The summed E-state index contributed by atoms with van der Waals surface area (Å²) in [4.78, 5) is 10.5. The molecule has 0 aliphatic carbocycles. The Morgan fingerprint density at radius 1 is 1.00 bits per heavy atom. The van der Waals surface area contributed by atoms with Crippen LogP contribution in [0.4, 0.5) is 0 Å². The van der Waals surface area contributed by atoms with E-state index in [-0.39, 0.29) is 29.6 Å². The Balaban J connectivity index is 0.000000810.